The second-order valence-electron chi connectivity index (χ2n) is 9.32. The van der Waals surface area contributed by atoms with Crippen molar-refractivity contribution in [1.29, 1.82) is 0 Å². The first-order chi connectivity index (χ1) is 19.2. The predicted molar refractivity (Wildman–Crippen MR) is 153 cm³/mol. The van der Waals surface area contributed by atoms with Gasteiger partial charge in [-0.2, -0.15) is 0 Å². The summed E-state index contributed by atoms with van der Waals surface area (Å²) in [5, 5.41) is 12.5. The van der Waals surface area contributed by atoms with Crippen LogP contribution in [-0.2, 0) is 4.74 Å². The molecular formula is C31H38O9. The van der Waals surface area contributed by atoms with Gasteiger partial charge in [-0.1, -0.05) is 32.8 Å². The van der Waals surface area contributed by atoms with Crippen molar-refractivity contribution in [3.63, 3.8) is 0 Å². The highest BCUT2D eigenvalue weighted by Gasteiger charge is 2.35. The van der Waals surface area contributed by atoms with Crippen LogP contribution in [0.25, 0.3) is 21.9 Å². The molecule has 0 aliphatic heterocycles. The van der Waals surface area contributed by atoms with Crippen molar-refractivity contribution in [2.45, 2.75) is 40.0 Å². The Morgan fingerprint density at radius 2 is 1.38 bits per heavy atom. The van der Waals surface area contributed by atoms with E-state index in [0.29, 0.717) is 44.7 Å². The van der Waals surface area contributed by atoms with Crippen molar-refractivity contribution in [3.05, 3.63) is 34.9 Å². The molecule has 216 valence electrons. The highest BCUT2D eigenvalue weighted by atomic mass is 16.5. The number of aromatic hydroxyl groups is 1. The molecular weight excluding hydrogens is 516 g/mol. The second kappa shape index (κ2) is 12.8. The third kappa shape index (κ3) is 5.08. The van der Waals surface area contributed by atoms with Crippen LogP contribution in [-0.4, -0.2) is 59.5 Å². The van der Waals surface area contributed by atoms with Crippen LogP contribution in [0.3, 0.4) is 0 Å². The third-order valence-electron chi connectivity index (χ3n) is 7.41. The fraction of sp³-hybridized carbons (Fsp3) is 0.419. The minimum absolute atomic E-state index is 0.0682. The van der Waals surface area contributed by atoms with E-state index in [1.165, 1.54) is 42.7 Å². The van der Waals surface area contributed by atoms with Crippen molar-refractivity contribution in [2.75, 3.05) is 42.7 Å². The minimum atomic E-state index is -0.788. The number of ether oxygens (including phenoxy) is 6. The van der Waals surface area contributed by atoms with Gasteiger partial charge in [0.2, 0.25) is 5.75 Å². The molecule has 0 amide bonds. The Bertz CT molecular complexity index is 1420. The number of hydrogen-bond acceptors (Lipinski definition) is 9. The van der Waals surface area contributed by atoms with E-state index < -0.39 is 5.97 Å². The highest BCUT2D eigenvalue weighted by Crippen LogP contribution is 2.54. The SMILES string of the molecule is CCC(CC)CC(=O)c1c(C(=O)OC)c(-c2ccc(OC)c(OC)c2)c2c(OC)c(OC)c(OC)c(C)c2c1O. The molecule has 0 heterocycles. The average molecular weight is 555 g/mol. The van der Waals surface area contributed by atoms with Gasteiger partial charge in [0, 0.05) is 28.3 Å². The van der Waals surface area contributed by atoms with Crippen molar-refractivity contribution in [1.82, 2.24) is 0 Å². The number of methoxy groups -OCH3 is 6. The molecule has 9 heteroatoms. The van der Waals surface area contributed by atoms with Gasteiger partial charge in [0.1, 0.15) is 5.75 Å². The zero-order chi connectivity index (χ0) is 29.7. The third-order valence-corrected chi connectivity index (χ3v) is 7.41. The number of carbonyl (C=O) groups excluding carboxylic acids is 2. The van der Waals surface area contributed by atoms with Gasteiger partial charge in [-0.15, -0.1) is 0 Å². The van der Waals surface area contributed by atoms with Crippen molar-refractivity contribution in [3.8, 4) is 45.6 Å². The van der Waals surface area contributed by atoms with E-state index in [1.54, 1.807) is 25.1 Å². The lowest BCUT2D eigenvalue weighted by atomic mass is 9.83. The summed E-state index contributed by atoms with van der Waals surface area (Å²) >= 11 is 0. The number of Topliss-reactive ketones (excluding diaryl/α,β-unsaturated/α-hetero) is 1. The first-order valence-corrected chi connectivity index (χ1v) is 13.0. The van der Waals surface area contributed by atoms with Crippen LogP contribution >= 0.6 is 0 Å². The van der Waals surface area contributed by atoms with E-state index in [4.69, 9.17) is 28.4 Å². The van der Waals surface area contributed by atoms with E-state index in [1.807, 2.05) is 13.8 Å². The topological polar surface area (TPSA) is 110 Å². The second-order valence-corrected chi connectivity index (χ2v) is 9.32. The molecule has 0 aliphatic rings. The van der Waals surface area contributed by atoms with E-state index in [-0.39, 0.29) is 46.5 Å². The van der Waals surface area contributed by atoms with Gasteiger partial charge >= 0.3 is 5.97 Å². The maximum Gasteiger partial charge on any atom is 0.339 e. The molecule has 0 atom stereocenters. The number of rotatable bonds is 12. The maximum atomic E-state index is 13.9. The lowest BCUT2D eigenvalue weighted by molar-refractivity contribution is 0.0597. The zero-order valence-electron chi connectivity index (χ0n) is 24.6. The van der Waals surface area contributed by atoms with Crippen LogP contribution in [0.2, 0.25) is 0 Å². The quantitative estimate of drug-likeness (QED) is 0.202. The Labute approximate surface area is 234 Å². The number of fused-ring (bicyclic) bond motifs is 1. The molecule has 0 unspecified atom stereocenters. The van der Waals surface area contributed by atoms with Gasteiger partial charge in [-0.05, 0) is 30.5 Å². The first-order valence-electron chi connectivity index (χ1n) is 13.0. The predicted octanol–water partition coefficient (Wildman–Crippen LogP) is 6.36. The van der Waals surface area contributed by atoms with Gasteiger partial charge in [0.05, 0.1) is 53.8 Å². The van der Waals surface area contributed by atoms with E-state index in [9.17, 15) is 14.7 Å². The Hall–Kier alpha value is -4.14. The van der Waals surface area contributed by atoms with Crippen molar-refractivity contribution >= 4 is 22.5 Å². The van der Waals surface area contributed by atoms with Gasteiger partial charge in [0.15, 0.2) is 28.8 Å². The summed E-state index contributed by atoms with van der Waals surface area (Å²) in [6.45, 7) is 5.75. The average Bonchev–Trinajstić information content (AvgIpc) is 2.98. The zero-order valence-corrected chi connectivity index (χ0v) is 24.6. The first kappa shape index (κ1) is 30.4. The van der Waals surface area contributed by atoms with Crippen molar-refractivity contribution in [2.24, 2.45) is 5.92 Å². The summed E-state index contributed by atoms with van der Waals surface area (Å²) in [6, 6.07) is 5.12. The number of hydrogen-bond donors (Lipinski definition) is 1. The molecule has 0 aromatic heterocycles. The molecule has 0 saturated carbocycles. The highest BCUT2D eigenvalue weighted by molar-refractivity contribution is 6.22. The number of benzene rings is 3. The summed E-state index contributed by atoms with van der Waals surface area (Å²) in [7, 11) is 8.65. The molecule has 0 saturated heterocycles. The molecule has 3 aromatic carbocycles. The lowest BCUT2D eigenvalue weighted by Crippen LogP contribution is -2.16. The van der Waals surface area contributed by atoms with Crippen LogP contribution in [0.4, 0.5) is 0 Å². The number of carbonyl (C=O) groups is 2. The summed E-state index contributed by atoms with van der Waals surface area (Å²) < 4.78 is 33.3. The molecule has 40 heavy (non-hydrogen) atoms. The Kier molecular flexibility index (Phi) is 9.74. The van der Waals surface area contributed by atoms with E-state index in [0.717, 1.165) is 12.8 Å². The molecule has 0 aliphatic carbocycles. The smallest absolute Gasteiger partial charge is 0.339 e. The van der Waals surface area contributed by atoms with E-state index >= 15 is 0 Å². The minimum Gasteiger partial charge on any atom is -0.506 e. The fourth-order valence-corrected chi connectivity index (χ4v) is 5.26. The number of esters is 1. The lowest BCUT2D eigenvalue weighted by Gasteiger charge is -2.25. The van der Waals surface area contributed by atoms with Crippen LogP contribution < -0.4 is 23.7 Å². The van der Waals surface area contributed by atoms with Gasteiger partial charge in [-0.3, -0.25) is 4.79 Å². The molecule has 3 rings (SSSR count). The molecule has 9 nitrogen and oxygen atoms in total. The molecule has 0 radical (unpaired) electrons. The summed E-state index contributed by atoms with van der Waals surface area (Å²) in [4.78, 5) is 27.5. The van der Waals surface area contributed by atoms with E-state index in [2.05, 4.69) is 0 Å². The molecule has 1 N–H and O–H groups in total. The molecule has 3 aromatic rings. The largest absolute Gasteiger partial charge is 0.506 e. The molecule has 0 bridgehead atoms. The van der Waals surface area contributed by atoms with Crippen LogP contribution in [0.5, 0.6) is 34.5 Å². The van der Waals surface area contributed by atoms with Gasteiger partial charge < -0.3 is 33.5 Å². The fourth-order valence-electron chi connectivity index (χ4n) is 5.26. The van der Waals surface area contributed by atoms with Gasteiger partial charge in [-0.25, -0.2) is 4.79 Å². The molecule has 0 spiro atoms. The number of ketones is 1. The summed E-state index contributed by atoms with van der Waals surface area (Å²) in [6.07, 6.45) is 1.68. The Morgan fingerprint density at radius 3 is 1.88 bits per heavy atom. The number of phenolic OH excluding ortho intramolecular Hbond substituents is 1. The van der Waals surface area contributed by atoms with Crippen LogP contribution in [0, 0.1) is 12.8 Å². The van der Waals surface area contributed by atoms with Crippen molar-refractivity contribution < 1.29 is 43.1 Å². The van der Waals surface area contributed by atoms with Gasteiger partial charge in [0.25, 0.3) is 0 Å². The number of phenols is 1. The van der Waals surface area contributed by atoms with Crippen LogP contribution in [0.1, 0.15) is 59.4 Å². The monoisotopic (exact) mass is 554 g/mol. The molecule has 0 fully saturated rings. The Balaban J connectivity index is 2.72. The van der Waals surface area contributed by atoms with Crippen LogP contribution in [0.15, 0.2) is 18.2 Å². The summed E-state index contributed by atoms with van der Waals surface area (Å²) in [5.74, 6) is 0.232. The maximum absolute atomic E-state index is 13.9. The standard InChI is InChI=1S/C31H38O9/c1-10-17(11-2)14-19(32)24-26(31(34)40-9)23(18-12-13-20(35-4)21(15-18)36-5)25-22(27(24)33)16(3)28(37-6)30(39-8)29(25)38-7/h12-13,15,17,33H,10-11,14H2,1-9H3. The number of aryl methyl sites for hydroxylation is 1. The summed E-state index contributed by atoms with van der Waals surface area (Å²) in [5.41, 5.74) is 1.12. The Morgan fingerprint density at radius 1 is 0.775 bits per heavy atom. The normalized spacial score (nSPS) is 10.9.